The van der Waals surface area contributed by atoms with E-state index >= 15 is 0 Å². The average molecular weight is 294 g/mol. The maximum atomic E-state index is 5.88. The third-order valence-electron chi connectivity index (χ3n) is 5.29. The number of H-pyrrole nitrogens is 1. The van der Waals surface area contributed by atoms with Crippen LogP contribution in [0.5, 0.6) is 0 Å². The molecule has 5 heteroatoms. The number of hydrogen-bond acceptors (Lipinski definition) is 3. The van der Waals surface area contributed by atoms with Crippen molar-refractivity contribution in [2.75, 3.05) is 6.54 Å². The molecule has 2 aliphatic rings. The van der Waals surface area contributed by atoms with Gasteiger partial charge in [-0.3, -0.25) is 0 Å². The van der Waals surface area contributed by atoms with Crippen LogP contribution in [0.1, 0.15) is 49.0 Å². The van der Waals surface area contributed by atoms with Crippen LogP contribution in [0.2, 0.25) is 0 Å². The van der Waals surface area contributed by atoms with Crippen LogP contribution in [0.15, 0.2) is 30.5 Å². The van der Waals surface area contributed by atoms with Gasteiger partial charge in [0.15, 0.2) is 7.98 Å². The number of hydrogen-bond donors (Lipinski definition) is 2. The minimum Gasteiger partial charge on any atom is -0.347 e. The van der Waals surface area contributed by atoms with Crippen molar-refractivity contribution < 1.29 is 0 Å². The molecule has 2 aromatic rings. The maximum Gasteiger partial charge on any atom is 0.186 e. The second kappa shape index (κ2) is 5.56. The van der Waals surface area contributed by atoms with Crippen LogP contribution in [0.4, 0.5) is 0 Å². The first-order chi connectivity index (χ1) is 10.7. The topological polar surface area (TPSA) is 57.9 Å². The summed E-state index contributed by atoms with van der Waals surface area (Å²) in [5.74, 6) is 1.76. The van der Waals surface area contributed by atoms with Crippen LogP contribution in [0, 0.1) is 0 Å². The summed E-state index contributed by atoms with van der Waals surface area (Å²) in [5.41, 5.74) is 9.54. The summed E-state index contributed by atoms with van der Waals surface area (Å²) < 4.78 is 0. The van der Waals surface area contributed by atoms with Gasteiger partial charge >= 0.3 is 0 Å². The molecule has 0 radical (unpaired) electrons. The van der Waals surface area contributed by atoms with Crippen molar-refractivity contribution in [1.82, 2.24) is 14.8 Å². The monoisotopic (exact) mass is 294 g/mol. The van der Waals surface area contributed by atoms with Crippen molar-refractivity contribution in [3.8, 4) is 11.3 Å². The van der Waals surface area contributed by atoms with E-state index in [1.165, 1.54) is 30.5 Å². The molecule has 2 fully saturated rings. The Morgan fingerprint density at radius 3 is 2.64 bits per heavy atom. The molecule has 0 unspecified atom stereocenters. The third kappa shape index (κ3) is 2.48. The van der Waals surface area contributed by atoms with E-state index in [0.29, 0.717) is 18.0 Å². The normalized spacial score (nSPS) is 28.7. The second-order valence-electron chi connectivity index (χ2n) is 6.86. The Balaban J connectivity index is 1.51. The summed E-state index contributed by atoms with van der Waals surface area (Å²) in [6.07, 6.45) is 6.75. The van der Waals surface area contributed by atoms with Crippen molar-refractivity contribution in [2.24, 2.45) is 5.73 Å². The Labute approximate surface area is 132 Å². The number of nitrogens with one attached hydrogen (secondary N) is 1. The Morgan fingerprint density at radius 2 is 2.00 bits per heavy atom. The minimum atomic E-state index is 0.405. The average Bonchev–Trinajstić information content (AvgIpc) is 3.13. The first-order valence-electron chi connectivity index (χ1n) is 8.32. The lowest BCUT2D eigenvalue weighted by atomic mass is 9.76. The summed E-state index contributed by atoms with van der Waals surface area (Å²) in [6.45, 7) is 1.17. The molecule has 1 aromatic heterocycles. The molecular formula is C17H23BN4. The molecule has 1 saturated carbocycles. The number of benzene rings is 1. The standard InChI is InChI=1S/C17H23BN4/c18-22-7-1-2-16(22)17-20-10-15(21-17)12-5-3-11(4-6-12)13-8-14(19)9-13/h3-6,10,13-14,16H,1-2,7-9,18-19H2,(H,20,21)/t13?,14?,16-/m0/s1. The van der Waals surface area contributed by atoms with Crippen LogP contribution in [-0.4, -0.2) is 35.3 Å². The van der Waals surface area contributed by atoms with E-state index in [-0.39, 0.29) is 0 Å². The van der Waals surface area contributed by atoms with Crippen LogP contribution < -0.4 is 5.73 Å². The second-order valence-corrected chi connectivity index (χ2v) is 6.86. The lowest BCUT2D eigenvalue weighted by molar-refractivity contribution is 0.351. The molecule has 3 N–H and O–H groups in total. The Hall–Kier alpha value is -1.59. The van der Waals surface area contributed by atoms with E-state index in [2.05, 4.69) is 42.0 Å². The van der Waals surface area contributed by atoms with E-state index in [1.807, 2.05) is 6.20 Å². The number of nitrogens with zero attached hydrogens (tertiary/aromatic N) is 2. The molecule has 1 aliphatic carbocycles. The lowest BCUT2D eigenvalue weighted by Crippen LogP contribution is -2.34. The number of aromatic amines is 1. The van der Waals surface area contributed by atoms with E-state index in [0.717, 1.165) is 24.4 Å². The highest BCUT2D eigenvalue weighted by atomic mass is 15.1. The highest BCUT2D eigenvalue weighted by Crippen LogP contribution is 2.36. The zero-order valence-electron chi connectivity index (χ0n) is 13.1. The molecule has 1 aromatic carbocycles. The maximum absolute atomic E-state index is 5.88. The highest BCUT2D eigenvalue weighted by molar-refractivity contribution is 6.04. The van der Waals surface area contributed by atoms with Gasteiger partial charge in [-0.15, -0.1) is 0 Å². The molecule has 1 atom stereocenters. The van der Waals surface area contributed by atoms with Crippen molar-refractivity contribution in [3.05, 3.63) is 41.9 Å². The van der Waals surface area contributed by atoms with Gasteiger partial charge in [0.1, 0.15) is 5.82 Å². The molecule has 22 heavy (non-hydrogen) atoms. The Kier molecular flexibility index (Phi) is 3.55. The number of imidazole rings is 1. The molecule has 1 aliphatic heterocycles. The number of rotatable bonds is 3. The van der Waals surface area contributed by atoms with E-state index in [4.69, 9.17) is 10.7 Å². The molecule has 0 amide bonds. The van der Waals surface area contributed by atoms with Crippen LogP contribution in [0.3, 0.4) is 0 Å². The molecular weight excluding hydrogens is 271 g/mol. The fraction of sp³-hybridized carbons (Fsp3) is 0.471. The smallest absolute Gasteiger partial charge is 0.186 e. The SMILES string of the molecule is BN1CCC[C@H]1c1nc(-c2ccc(C3CC(N)C3)cc2)c[nH]1. The minimum absolute atomic E-state index is 0.405. The lowest BCUT2D eigenvalue weighted by Gasteiger charge is -2.32. The fourth-order valence-corrected chi connectivity index (χ4v) is 3.77. The molecule has 1 saturated heterocycles. The summed E-state index contributed by atoms with van der Waals surface area (Å²) in [4.78, 5) is 10.6. The summed E-state index contributed by atoms with van der Waals surface area (Å²) in [6, 6.07) is 9.71. The van der Waals surface area contributed by atoms with E-state index < -0.39 is 0 Å². The van der Waals surface area contributed by atoms with Crippen molar-refractivity contribution in [1.29, 1.82) is 0 Å². The summed E-state index contributed by atoms with van der Waals surface area (Å²) in [5, 5.41) is 0. The predicted octanol–water partition coefficient (Wildman–Crippen LogP) is 1.97. The quantitative estimate of drug-likeness (QED) is 0.851. The van der Waals surface area contributed by atoms with Gasteiger partial charge in [-0.1, -0.05) is 24.3 Å². The van der Waals surface area contributed by atoms with Crippen LogP contribution in [0.25, 0.3) is 11.3 Å². The van der Waals surface area contributed by atoms with E-state index in [9.17, 15) is 0 Å². The summed E-state index contributed by atoms with van der Waals surface area (Å²) >= 11 is 0. The molecule has 4 nitrogen and oxygen atoms in total. The molecule has 0 bridgehead atoms. The van der Waals surface area contributed by atoms with E-state index in [1.54, 1.807) is 0 Å². The predicted molar refractivity (Wildman–Crippen MR) is 91.2 cm³/mol. The van der Waals surface area contributed by atoms with Gasteiger partial charge < -0.3 is 15.5 Å². The highest BCUT2D eigenvalue weighted by Gasteiger charge is 2.27. The van der Waals surface area contributed by atoms with Crippen molar-refractivity contribution >= 4 is 7.98 Å². The van der Waals surface area contributed by atoms with Gasteiger partial charge in [0.05, 0.1) is 11.7 Å². The summed E-state index contributed by atoms with van der Waals surface area (Å²) in [7, 11) is 2.18. The Bertz CT molecular complexity index is 645. The first-order valence-corrected chi connectivity index (χ1v) is 8.32. The fourth-order valence-electron chi connectivity index (χ4n) is 3.77. The van der Waals surface area contributed by atoms with Gasteiger partial charge in [-0.05, 0) is 43.7 Å². The van der Waals surface area contributed by atoms with Gasteiger partial charge in [0.25, 0.3) is 0 Å². The molecule has 2 heterocycles. The molecule has 114 valence electrons. The number of aromatic nitrogens is 2. The van der Waals surface area contributed by atoms with Crippen molar-refractivity contribution in [2.45, 2.75) is 43.7 Å². The van der Waals surface area contributed by atoms with Crippen LogP contribution in [-0.2, 0) is 0 Å². The van der Waals surface area contributed by atoms with Crippen LogP contribution >= 0.6 is 0 Å². The molecule has 0 spiro atoms. The zero-order valence-corrected chi connectivity index (χ0v) is 13.1. The van der Waals surface area contributed by atoms with Gasteiger partial charge in [0, 0.05) is 17.8 Å². The largest absolute Gasteiger partial charge is 0.347 e. The van der Waals surface area contributed by atoms with Crippen molar-refractivity contribution in [3.63, 3.8) is 0 Å². The Morgan fingerprint density at radius 1 is 1.23 bits per heavy atom. The molecule has 4 rings (SSSR count). The van der Waals surface area contributed by atoms with Gasteiger partial charge in [-0.2, -0.15) is 0 Å². The zero-order chi connectivity index (χ0) is 15.1. The first kappa shape index (κ1) is 14.0. The van der Waals surface area contributed by atoms with Gasteiger partial charge in [-0.25, -0.2) is 4.98 Å². The number of nitrogens with two attached hydrogens (primary N) is 1. The van der Waals surface area contributed by atoms with Gasteiger partial charge in [0.2, 0.25) is 0 Å². The third-order valence-corrected chi connectivity index (χ3v) is 5.29.